The minimum Gasteiger partial charge on any atom is -0.410 e. The van der Waals surface area contributed by atoms with Crippen LogP contribution >= 0.6 is 11.8 Å². The van der Waals surface area contributed by atoms with E-state index in [1.807, 2.05) is 30.3 Å². The number of nitrogens with zero attached hydrogens (tertiary/aromatic N) is 4. The lowest BCUT2D eigenvalue weighted by atomic mass is 10.1. The minimum absolute atomic E-state index is 0.0484. The molecule has 4 aromatic rings. The molecule has 10 heteroatoms. The topological polar surface area (TPSA) is 73.8 Å². The van der Waals surface area contributed by atoms with Crippen molar-refractivity contribution in [3.8, 4) is 11.6 Å². The van der Waals surface area contributed by atoms with E-state index in [2.05, 4.69) is 15.3 Å². The summed E-state index contributed by atoms with van der Waals surface area (Å²) in [6.07, 6.45) is -4.35. The summed E-state index contributed by atoms with van der Waals surface area (Å²) in [6, 6.07) is 16.1. The summed E-state index contributed by atoms with van der Waals surface area (Å²) >= 11 is 0.397. The van der Waals surface area contributed by atoms with Crippen molar-refractivity contribution in [1.29, 1.82) is 0 Å². The average Bonchev–Trinajstić information content (AvgIpc) is 3.18. The number of alkyl halides is 3. The Morgan fingerprint density at radius 2 is 1.66 bits per heavy atom. The van der Waals surface area contributed by atoms with Crippen molar-refractivity contribution in [3.63, 3.8) is 0 Å². The highest BCUT2D eigenvalue weighted by Gasteiger charge is 2.29. The standard InChI is InChI=1S/C19H13F3N4O2S/c20-19(21,22)11-29-18-24-23-16(28-18)15-13-8-4-5-9-14(13)17(27)26(25-15)10-12-6-2-1-3-7-12/h1-9H,10-11H2. The average molecular weight is 418 g/mol. The molecule has 0 N–H and O–H groups in total. The van der Waals surface area contributed by atoms with Crippen molar-refractivity contribution in [3.05, 3.63) is 70.5 Å². The maximum atomic E-state index is 12.8. The first kappa shape index (κ1) is 19.2. The van der Waals surface area contributed by atoms with Gasteiger partial charge in [-0.25, -0.2) is 4.68 Å². The second-order valence-electron chi connectivity index (χ2n) is 6.12. The predicted molar refractivity (Wildman–Crippen MR) is 102 cm³/mol. The molecule has 2 aromatic heterocycles. The van der Waals surface area contributed by atoms with E-state index in [1.54, 1.807) is 24.3 Å². The third-order valence-corrected chi connectivity index (χ3v) is 4.89. The van der Waals surface area contributed by atoms with Gasteiger partial charge >= 0.3 is 6.18 Å². The summed E-state index contributed by atoms with van der Waals surface area (Å²) in [6.45, 7) is 0.224. The highest BCUT2D eigenvalue weighted by atomic mass is 32.2. The van der Waals surface area contributed by atoms with Gasteiger partial charge in [0.15, 0.2) is 5.69 Å². The molecule has 0 fully saturated rings. The first-order valence-electron chi connectivity index (χ1n) is 8.48. The second-order valence-corrected chi connectivity index (χ2v) is 7.05. The van der Waals surface area contributed by atoms with E-state index in [1.165, 1.54) is 4.68 Å². The molecular weight excluding hydrogens is 405 g/mol. The number of benzene rings is 2. The van der Waals surface area contributed by atoms with Gasteiger partial charge in [0, 0.05) is 5.39 Å². The summed E-state index contributed by atoms with van der Waals surface area (Å²) in [5.74, 6) is -1.19. The minimum atomic E-state index is -4.35. The fourth-order valence-corrected chi connectivity index (χ4v) is 3.29. The van der Waals surface area contributed by atoms with Crippen molar-refractivity contribution >= 4 is 22.5 Å². The zero-order valence-corrected chi connectivity index (χ0v) is 15.6. The van der Waals surface area contributed by atoms with Gasteiger partial charge in [0.2, 0.25) is 0 Å². The maximum absolute atomic E-state index is 12.8. The molecule has 0 saturated carbocycles. The van der Waals surface area contributed by atoms with Gasteiger partial charge in [-0.2, -0.15) is 18.3 Å². The Morgan fingerprint density at radius 3 is 2.38 bits per heavy atom. The van der Waals surface area contributed by atoms with E-state index < -0.39 is 11.9 Å². The molecule has 0 saturated heterocycles. The van der Waals surface area contributed by atoms with Gasteiger partial charge in [-0.05, 0) is 11.6 Å². The third-order valence-electron chi connectivity index (χ3n) is 4.01. The predicted octanol–water partition coefficient (Wildman–Crippen LogP) is 4.15. The monoisotopic (exact) mass is 418 g/mol. The Bertz CT molecular complexity index is 1210. The quantitative estimate of drug-likeness (QED) is 0.454. The van der Waals surface area contributed by atoms with Crippen LogP contribution < -0.4 is 5.56 Å². The Hall–Kier alpha value is -3.14. The van der Waals surface area contributed by atoms with E-state index in [0.717, 1.165) is 5.56 Å². The normalized spacial score (nSPS) is 11.8. The number of hydrogen-bond acceptors (Lipinski definition) is 6. The molecule has 0 bridgehead atoms. The van der Waals surface area contributed by atoms with Gasteiger partial charge in [0.1, 0.15) is 0 Å². The Kier molecular flexibility index (Phi) is 5.10. The number of hydrogen-bond donors (Lipinski definition) is 0. The smallest absolute Gasteiger partial charge is 0.398 e. The molecule has 0 radical (unpaired) electrons. The van der Waals surface area contributed by atoms with Gasteiger partial charge < -0.3 is 4.42 Å². The molecule has 148 valence electrons. The summed E-state index contributed by atoms with van der Waals surface area (Å²) in [4.78, 5) is 12.8. The molecule has 0 unspecified atom stereocenters. The molecule has 4 rings (SSSR count). The SMILES string of the molecule is O=c1c2ccccc2c(-c2nnc(SCC(F)(F)F)o2)nn1Cc1ccccc1. The van der Waals surface area contributed by atoms with E-state index in [4.69, 9.17) is 4.42 Å². The van der Waals surface area contributed by atoms with Crippen LogP contribution in [0.25, 0.3) is 22.4 Å². The molecule has 0 aliphatic heterocycles. The summed E-state index contributed by atoms with van der Waals surface area (Å²) in [7, 11) is 0. The molecule has 0 atom stereocenters. The van der Waals surface area contributed by atoms with Crippen LogP contribution in [0.3, 0.4) is 0 Å². The maximum Gasteiger partial charge on any atom is 0.398 e. The Morgan fingerprint density at radius 1 is 0.966 bits per heavy atom. The summed E-state index contributed by atoms with van der Waals surface area (Å²) in [5.41, 5.74) is 0.817. The Labute approximate surface area is 166 Å². The molecule has 2 aromatic carbocycles. The van der Waals surface area contributed by atoms with Crippen LogP contribution in [0, 0.1) is 0 Å². The van der Waals surface area contributed by atoms with Gasteiger partial charge in [-0.15, -0.1) is 10.2 Å². The van der Waals surface area contributed by atoms with Gasteiger partial charge in [0.05, 0.1) is 17.7 Å². The molecule has 6 nitrogen and oxygen atoms in total. The molecule has 2 heterocycles. The highest BCUT2D eigenvalue weighted by Crippen LogP contribution is 2.30. The fourth-order valence-electron chi connectivity index (χ4n) is 2.76. The van der Waals surface area contributed by atoms with Crippen LogP contribution in [-0.2, 0) is 6.54 Å². The Balaban J connectivity index is 1.77. The summed E-state index contributed by atoms with van der Waals surface area (Å²) < 4.78 is 43.9. The van der Waals surface area contributed by atoms with Gasteiger partial charge in [0.25, 0.3) is 16.7 Å². The molecule has 0 spiro atoms. The first-order chi connectivity index (χ1) is 13.9. The zero-order chi connectivity index (χ0) is 20.4. The number of fused-ring (bicyclic) bond motifs is 1. The highest BCUT2D eigenvalue weighted by molar-refractivity contribution is 7.99. The first-order valence-corrected chi connectivity index (χ1v) is 9.46. The van der Waals surface area contributed by atoms with Crippen molar-refractivity contribution in [1.82, 2.24) is 20.0 Å². The number of halogens is 3. The third kappa shape index (κ3) is 4.32. The van der Waals surface area contributed by atoms with Gasteiger partial charge in [-0.3, -0.25) is 4.79 Å². The van der Waals surface area contributed by atoms with Crippen LogP contribution in [0.5, 0.6) is 0 Å². The second kappa shape index (κ2) is 7.70. The van der Waals surface area contributed by atoms with Crippen LogP contribution in [-0.4, -0.2) is 31.9 Å². The molecule has 0 amide bonds. The molecule has 29 heavy (non-hydrogen) atoms. The number of aromatic nitrogens is 4. The molecular formula is C19H13F3N4O2S. The fraction of sp³-hybridized carbons (Fsp3) is 0.158. The number of rotatable bonds is 5. The van der Waals surface area contributed by atoms with Crippen LogP contribution in [0.4, 0.5) is 13.2 Å². The van der Waals surface area contributed by atoms with E-state index >= 15 is 0 Å². The van der Waals surface area contributed by atoms with E-state index in [-0.39, 0.29) is 28.9 Å². The van der Waals surface area contributed by atoms with Crippen LogP contribution in [0.1, 0.15) is 5.56 Å². The zero-order valence-electron chi connectivity index (χ0n) is 14.8. The van der Waals surface area contributed by atoms with Crippen molar-refractivity contribution in [2.45, 2.75) is 17.9 Å². The van der Waals surface area contributed by atoms with Gasteiger partial charge in [-0.1, -0.05) is 60.3 Å². The van der Waals surface area contributed by atoms with Crippen LogP contribution in [0.2, 0.25) is 0 Å². The van der Waals surface area contributed by atoms with E-state index in [0.29, 0.717) is 22.5 Å². The van der Waals surface area contributed by atoms with Crippen molar-refractivity contribution in [2.24, 2.45) is 0 Å². The number of thioether (sulfide) groups is 1. The van der Waals surface area contributed by atoms with Crippen LogP contribution in [0.15, 0.2) is 69.0 Å². The molecule has 0 aliphatic carbocycles. The lowest BCUT2D eigenvalue weighted by molar-refractivity contribution is -0.105. The van der Waals surface area contributed by atoms with E-state index in [9.17, 15) is 18.0 Å². The lowest BCUT2D eigenvalue weighted by Gasteiger charge is -2.09. The van der Waals surface area contributed by atoms with Crippen molar-refractivity contribution in [2.75, 3.05) is 5.75 Å². The van der Waals surface area contributed by atoms with Crippen molar-refractivity contribution < 1.29 is 17.6 Å². The summed E-state index contributed by atoms with van der Waals surface area (Å²) in [5, 5.41) is 12.5. The lowest BCUT2D eigenvalue weighted by Crippen LogP contribution is -2.24. The largest absolute Gasteiger partial charge is 0.410 e. The molecule has 0 aliphatic rings.